The Labute approximate surface area is 208 Å². The van der Waals surface area contributed by atoms with Gasteiger partial charge in [-0.2, -0.15) is 0 Å². The topological polar surface area (TPSA) is 52.6 Å². The average molecular weight is 517 g/mol. The van der Waals surface area contributed by atoms with Crippen LogP contribution in [0.15, 0.2) is 112 Å². The summed E-state index contributed by atoms with van der Waals surface area (Å²) in [4.78, 5) is 26.3. The van der Waals surface area contributed by atoms with Crippen molar-refractivity contribution in [2.24, 2.45) is 0 Å². The number of Topliss-reactive ketones (excluding diaryl/α,β-unsaturated/α-hetero) is 1. The Morgan fingerprint density at radius 2 is 1.44 bits per heavy atom. The number of esters is 1. The summed E-state index contributed by atoms with van der Waals surface area (Å²) in [7, 11) is 0. The first-order valence-electron chi connectivity index (χ1n) is 11.1. The van der Waals surface area contributed by atoms with Gasteiger partial charge in [0.05, 0.1) is 11.5 Å². The van der Waals surface area contributed by atoms with Crippen molar-refractivity contribution in [1.82, 2.24) is 0 Å². The number of hydrogen-bond acceptors (Lipinski definition) is 4. The molecule has 1 aliphatic heterocycles. The molecule has 0 N–H and O–H groups in total. The van der Waals surface area contributed by atoms with Crippen LogP contribution in [0.2, 0.25) is 0 Å². The molecule has 0 saturated carbocycles. The molecule has 0 amide bonds. The minimum absolute atomic E-state index is 0.138. The minimum atomic E-state index is -0.582. The van der Waals surface area contributed by atoms with Crippen LogP contribution in [0, 0.1) is 0 Å². The second-order valence-electron chi connectivity index (χ2n) is 8.17. The van der Waals surface area contributed by atoms with Gasteiger partial charge in [0.25, 0.3) is 0 Å². The van der Waals surface area contributed by atoms with Gasteiger partial charge in [-0.15, -0.1) is 0 Å². The third-order valence-corrected chi connectivity index (χ3v) is 6.28. The van der Waals surface area contributed by atoms with Crippen molar-refractivity contribution in [3.8, 4) is 0 Å². The lowest BCUT2D eigenvalue weighted by Gasteiger charge is -2.30. The number of carbonyl (C=O) groups is 2. The largest absolute Gasteiger partial charge is 0.465 e. The normalized spacial score (nSPS) is 15.7. The van der Waals surface area contributed by atoms with Crippen molar-refractivity contribution in [2.45, 2.75) is 32.8 Å². The van der Waals surface area contributed by atoms with E-state index in [1.807, 2.05) is 84.9 Å². The Morgan fingerprint density at radius 3 is 2.03 bits per heavy atom. The first kappa shape index (κ1) is 23.7. The van der Waals surface area contributed by atoms with Gasteiger partial charge in [-0.05, 0) is 42.7 Å². The number of benzene rings is 3. The lowest BCUT2D eigenvalue weighted by Crippen LogP contribution is -2.27. The fourth-order valence-corrected chi connectivity index (χ4v) is 4.43. The smallest absolute Gasteiger partial charge is 0.338 e. The number of carbonyl (C=O) groups excluding carboxylic acids is 2. The van der Waals surface area contributed by atoms with E-state index in [-0.39, 0.29) is 12.4 Å². The Kier molecular flexibility index (Phi) is 7.43. The van der Waals surface area contributed by atoms with Crippen molar-refractivity contribution in [3.63, 3.8) is 0 Å². The molecule has 1 atom stereocenters. The molecule has 3 aromatic carbocycles. The molecule has 172 valence electrons. The van der Waals surface area contributed by atoms with Crippen molar-refractivity contribution in [3.05, 3.63) is 129 Å². The summed E-state index contributed by atoms with van der Waals surface area (Å²) in [5, 5.41) is 0. The molecule has 4 rings (SSSR count). The number of hydrogen-bond donors (Lipinski definition) is 0. The van der Waals surface area contributed by atoms with E-state index in [0.717, 1.165) is 21.2 Å². The Bertz CT molecular complexity index is 1240. The molecular formula is C29H25BrO4. The first-order valence-corrected chi connectivity index (χ1v) is 11.9. The van der Waals surface area contributed by atoms with Crippen LogP contribution in [-0.4, -0.2) is 11.8 Å². The fraction of sp³-hybridized carbons (Fsp3) is 0.172. The van der Waals surface area contributed by atoms with Crippen LogP contribution in [0.1, 0.15) is 36.5 Å². The van der Waals surface area contributed by atoms with Gasteiger partial charge >= 0.3 is 5.97 Å². The standard InChI is InChI=1S/C29H25BrO4/c1-19(31)26-25(17-21-9-5-3-6-10-21)34-20(2)27(28(26)23-13-15-24(30)16-14-23)29(32)33-18-22-11-7-4-8-12-22/h3-16,28H,17-18H2,1-2H3. The van der Waals surface area contributed by atoms with Crippen LogP contribution in [0.5, 0.6) is 0 Å². The maximum Gasteiger partial charge on any atom is 0.338 e. The van der Waals surface area contributed by atoms with Gasteiger partial charge in [0, 0.05) is 16.5 Å². The van der Waals surface area contributed by atoms with Crippen LogP contribution >= 0.6 is 15.9 Å². The van der Waals surface area contributed by atoms with Gasteiger partial charge in [0.2, 0.25) is 0 Å². The summed E-state index contributed by atoms with van der Waals surface area (Å²) in [5.74, 6) is -0.210. The molecule has 1 unspecified atom stereocenters. The van der Waals surface area contributed by atoms with E-state index in [0.29, 0.717) is 29.1 Å². The van der Waals surface area contributed by atoms with Crippen molar-refractivity contribution < 1.29 is 19.1 Å². The fourth-order valence-electron chi connectivity index (χ4n) is 4.17. The molecule has 0 spiro atoms. The average Bonchev–Trinajstić information content (AvgIpc) is 2.84. The highest BCUT2D eigenvalue weighted by Gasteiger charge is 2.38. The molecule has 1 heterocycles. The maximum atomic E-state index is 13.4. The van der Waals surface area contributed by atoms with Gasteiger partial charge in [-0.25, -0.2) is 4.79 Å². The van der Waals surface area contributed by atoms with Crippen LogP contribution < -0.4 is 0 Å². The molecule has 0 saturated heterocycles. The zero-order valence-corrected chi connectivity index (χ0v) is 20.7. The Morgan fingerprint density at radius 1 is 0.853 bits per heavy atom. The van der Waals surface area contributed by atoms with E-state index in [1.54, 1.807) is 6.92 Å². The highest BCUT2D eigenvalue weighted by molar-refractivity contribution is 9.10. The highest BCUT2D eigenvalue weighted by Crippen LogP contribution is 2.42. The summed E-state index contributed by atoms with van der Waals surface area (Å²) >= 11 is 3.47. The molecule has 3 aromatic rings. The molecule has 4 nitrogen and oxygen atoms in total. The van der Waals surface area contributed by atoms with E-state index in [4.69, 9.17) is 9.47 Å². The SMILES string of the molecule is CC(=O)C1=C(Cc2ccccc2)OC(C)=C(C(=O)OCc2ccccc2)C1c1ccc(Br)cc1. The van der Waals surface area contributed by atoms with Gasteiger partial charge in [-0.3, -0.25) is 4.79 Å². The molecule has 0 aliphatic carbocycles. The van der Waals surface area contributed by atoms with Crippen LogP contribution in [0.4, 0.5) is 0 Å². The first-order chi connectivity index (χ1) is 16.4. The quantitative estimate of drug-likeness (QED) is 0.329. The number of halogens is 1. The Balaban J connectivity index is 1.75. The summed E-state index contributed by atoms with van der Waals surface area (Å²) in [6.45, 7) is 3.41. The van der Waals surface area contributed by atoms with E-state index < -0.39 is 11.9 Å². The van der Waals surface area contributed by atoms with E-state index in [2.05, 4.69) is 15.9 Å². The molecule has 5 heteroatoms. The van der Waals surface area contributed by atoms with Crippen LogP contribution in [0.3, 0.4) is 0 Å². The lowest BCUT2D eigenvalue weighted by atomic mass is 9.79. The summed E-state index contributed by atoms with van der Waals surface area (Å²) in [6.07, 6.45) is 0.451. The maximum absolute atomic E-state index is 13.4. The molecular weight excluding hydrogens is 492 g/mol. The number of allylic oxidation sites excluding steroid dienone is 3. The van der Waals surface area contributed by atoms with Crippen molar-refractivity contribution >= 4 is 27.7 Å². The summed E-state index contributed by atoms with van der Waals surface area (Å²) < 4.78 is 12.7. The van der Waals surface area contributed by atoms with Crippen LogP contribution in [0.25, 0.3) is 0 Å². The zero-order chi connectivity index (χ0) is 24.1. The zero-order valence-electron chi connectivity index (χ0n) is 19.1. The highest BCUT2D eigenvalue weighted by atomic mass is 79.9. The third-order valence-electron chi connectivity index (χ3n) is 5.76. The second kappa shape index (κ2) is 10.7. The second-order valence-corrected chi connectivity index (χ2v) is 9.09. The molecule has 0 aromatic heterocycles. The van der Waals surface area contributed by atoms with Gasteiger partial charge in [0.15, 0.2) is 5.78 Å². The number of ether oxygens (including phenoxy) is 2. The van der Waals surface area contributed by atoms with Crippen LogP contribution in [-0.2, 0) is 32.1 Å². The molecule has 0 fully saturated rings. The minimum Gasteiger partial charge on any atom is -0.465 e. The van der Waals surface area contributed by atoms with E-state index >= 15 is 0 Å². The van der Waals surface area contributed by atoms with E-state index in [9.17, 15) is 9.59 Å². The van der Waals surface area contributed by atoms with Crippen molar-refractivity contribution in [2.75, 3.05) is 0 Å². The number of ketones is 1. The van der Waals surface area contributed by atoms with Crippen molar-refractivity contribution in [1.29, 1.82) is 0 Å². The lowest BCUT2D eigenvalue weighted by molar-refractivity contribution is -0.140. The summed E-state index contributed by atoms with van der Waals surface area (Å²) in [6, 6.07) is 27.0. The Hall–Kier alpha value is -3.44. The predicted molar refractivity (Wildman–Crippen MR) is 135 cm³/mol. The van der Waals surface area contributed by atoms with Gasteiger partial charge in [-0.1, -0.05) is 88.7 Å². The summed E-state index contributed by atoms with van der Waals surface area (Å²) in [5.41, 5.74) is 3.56. The molecule has 34 heavy (non-hydrogen) atoms. The van der Waals surface area contributed by atoms with Gasteiger partial charge < -0.3 is 9.47 Å². The molecule has 0 radical (unpaired) electrons. The van der Waals surface area contributed by atoms with E-state index in [1.165, 1.54) is 6.92 Å². The molecule has 1 aliphatic rings. The number of rotatable bonds is 7. The monoisotopic (exact) mass is 516 g/mol. The van der Waals surface area contributed by atoms with Gasteiger partial charge in [0.1, 0.15) is 18.1 Å². The molecule has 0 bridgehead atoms. The third kappa shape index (κ3) is 5.37. The predicted octanol–water partition coefficient (Wildman–Crippen LogP) is 6.67.